The van der Waals surface area contributed by atoms with E-state index in [0.717, 1.165) is 44.5 Å². The van der Waals surface area contributed by atoms with E-state index < -0.39 is 10.0 Å². The second kappa shape index (κ2) is 9.09. The molecule has 0 bridgehead atoms. The Labute approximate surface area is 183 Å². The van der Waals surface area contributed by atoms with Crippen molar-refractivity contribution < 1.29 is 13.2 Å². The number of likely N-dealkylation sites (N-methyl/N-ethyl adjacent to an activating group) is 1. The first-order valence-corrected chi connectivity index (χ1v) is 12.3. The van der Waals surface area contributed by atoms with Crippen LogP contribution in [0.4, 0.5) is 11.4 Å². The number of nitrogens with zero attached hydrogens (tertiary/aromatic N) is 2. The van der Waals surface area contributed by atoms with Crippen LogP contribution in [0.1, 0.15) is 43.7 Å². The van der Waals surface area contributed by atoms with Crippen LogP contribution >= 0.6 is 0 Å². The molecule has 0 spiro atoms. The van der Waals surface area contributed by atoms with Crippen molar-refractivity contribution in [1.29, 1.82) is 0 Å². The number of fused-ring (bicyclic) bond motifs is 2. The van der Waals surface area contributed by atoms with E-state index in [-0.39, 0.29) is 10.8 Å². The number of anilines is 2. The van der Waals surface area contributed by atoms with Gasteiger partial charge < -0.3 is 10.2 Å². The molecule has 2 N–H and O–H groups in total. The van der Waals surface area contributed by atoms with Gasteiger partial charge in [0, 0.05) is 43.0 Å². The van der Waals surface area contributed by atoms with Crippen molar-refractivity contribution in [3.63, 3.8) is 0 Å². The van der Waals surface area contributed by atoms with Gasteiger partial charge in [-0.15, -0.1) is 0 Å². The largest absolute Gasteiger partial charge is 0.371 e. The van der Waals surface area contributed by atoms with Crippen molar-refractivity contribution in [2.45, 2.75) is 43.9 Å². The van der Waals surface area contributed by atoms with Crippen LogP contribution in [0.5, 0.6) is 0 Å². The standard InChI is InChI=1S/C23H28N4O3S/c1-2-27-15-13-17-11-12-18(16-20(17)27)25-22(28)10-4-3-7-14-24-23-19-8-5-6-9-21(19)31(29,30)26-23/h5-6,8-9,11-12,16H,2-4,7,10,13-15H2,1H3,(H,24,26)(H,25,28). The monoisotopic (exact) mass is 440 g/mol. The minimum Gasteiger partial charge on any atom is -0.371 e. The van der Waals surface area contributed by atoms with Crippen LogP contribution in [-0.4, -0.2) is 39.8 Å². The van der Waals surface area contributed by atoms with Crippen molar-refractivity contribution in [1.82, 2.24) is 4.72 Å². The van der Waals surface area contributed by atoms with Gasteiger partial charge in [0.2, 0.25) is 5.91 Å². The van der Waals surface area contributed by atoms with Crippen LogP contribution in [0.3, 0.4) is 0 Å². The summed E-state index contributed by atoms with van der Waals surface area (Å²) in [6.07, 6.45) is 3.94. The molecule has 0 radical (unpaired) electrons. The van der Waals surface area contributed by atoms with Gasteiger partial charge in [0.05, 0.1) is 4.90 Å². The molecule has 2 heterocycles. The van der Waals surface area contributed by atoms with E-state index in [0.29, 0.717) is 24.4 Å². The number of hydrogen-bond acceptors (Lipinski definition) is 5. The van der Waals surface area contributed by atoms with E-state index >= 15 is 0 Å². The molecule has 164 valence electrons. The molecule has 31 heavy (non-hydrogen) atoms. The highest BCUT2D eigenvalue weighted by Crippen LogP contribution is 2.30. The number of amides is 1. The van der Waals surface area contributed by atoms with Crippen LogP contribution < -0.4 is 14.9 Å². The van der Waals surface area contributed by atoms with Gasteiger partial charge in [0.15, 0.2) is 0 Å². The molecule has 0 aromatic heterocycles. The first kappa shape index (κ1) is 21.4. The van der Waals surface area contributed by atoms with Gasteiger partial charge in [-0.2, -0.15) is 0 Å². The lowest BCUT2D eigenvalue weighted by molar-refractivity contribution is -0.116. The van der Waals surface area contributed by atoms with Gasteiger partial charge in [-0.3, -0.25) is 14.5 Å². The van der Waals surface area contributed by atoms with Crippen molar-refractivity contribution in [2.24, 2.45) is 4.99 Å². The highest BCUT2D eigenvalue weighted by molar-refractivity contribution is 7.90. The lowest BCUT2D eigenvalue weighted by Crippen LogP contribution is -2.22. The molecule has 8 heteroatoms. The van der Waals surface area contributed by atoms with Crippen molar-refractivity contribution in [3.8, 4) is 0 Å². The Morgan fingerprint density at radius 1 is 1.16 bits per heavy atom. The highest BCUT2D eigenvalue weighted by atomic mass is 32.2. The summed E-state index contributed by atoms with van der Waals surface area (Å²) in [6, 6.07) is 13.0. The van der Waals surface area contributed by atoms with Crippen LogP contribution in [0.25, 0.3) is 0 Å². The predicted octanol–water partition coefficient (Wildman–Crippen LogP) is 3.31. The molecule has 4 rings (SSSR count). The summed E-state index contributed by atoms with van der Waals surface area (Å²) in [5.74, 6) is 0.427. The molecule has 0 atom stereocenters. The topological polar surface area (TPSA) is 90.9 Å². The lowest BCUT2D eigenvalue weighted by Gasteiger charge is -2.17. The molecule has 2 aliphatic heterocycles. The summed E-state index contributed by atoms with van der Waals surface area (Å²) >= 11 is 0. The number of carbonyl (C=O) groups is 1. The van der Waals surface area contributed by atoms with Crippen LogP contribution in [0, 0.1) is 0 Å². The number of hydrogen-bond donors (Lipinski definition) is 2. The fraction of sp³-hybridized carbons (Fsp3) is 0.391. The number of benzene rings is 2. The molecular weight excluding hydrogens is 412 g/mol. The van der Waals surface area contributed by atoms with Gasteiger partial charge in [0.1, 0.15) is 5.84 Å². The zero-order valence-corrected chi connectivity index (χ0v) is 18.5. The third-order valence-electron chi connectivity index (χ3n) is 5.74. The van der Waals surface area contributed by atoms with E-state index in [1.807, 2.05) is 6.07 Å². The molecule has 0 fully saturated rings. The number of rotatable bonds is 8. The Morgan fingerprint density at radius 2 is 2.00 bits per heavy atom. The first-order chi connectivity index (χ1) is 15.0. The second-order valence-corrected chi connectivity index (χ2v) is 9.51. The molecule has 0 saturated heterocycles. The average molecular weight is 441 g/mol. The van der Waals surface area contributed by atoms with E-state index in [1.165, 1.54) is 11.3 Å². The Balaban J connectivity index is 1.21. The van der Waals surface area contributed by atoms with Crippen LogP contribution in [0.15, 0.2) is 52.4 Å². The number of sulfonamides is 1. The molecule has 0 aliphatic carbocycles. The maximum Gasteiger partial charge on any atom is 0.263 e. The zero-order chi connectivity index (χ0) is 21.8. The summed E-state index contributed by atoms with van der Waals surface area (Å²) in [5, 5.41) is 3.00. The molecular formula is C23H28N4O3S. The molecule has 7 nitrogen and oxygen atoms in total. The quantitative estimate of drug-likeness (QED) is 0.616. The number of amidine groups is 1. The maximum atomic E-state index is 12.3. The lowest BCUT2D eigenvalue weighted by atomic mass is 10.1. The van der Waals surface area contributed by atoms with Crippen molar-refractivity contribution in [2.75, 3.05) is 29.9 Å². The third-order valence-corrected chi connectivity index (χ3v) is 7.13. The Hall–Kier alpha value is -2.87. The first-order valence-electron chi connectivity index (χ1n) is 10.8. The zero-order valence-electron chi connectivity index (χ0n) is 17.7. The number of nitrogens with one attached hydrogen (secondary N) is 2. The molecule has 2 aliphatic rings. The smallest absolute Gasteiger partial charge is 0.263 e. The summed E-state index contributed by atoms with van der Waals surface area (Å²) in [7, 11) is -3.49. The van der Waals surface area contributed by atoms with Crippen molar-refractivity contribution >= 4 is 33.1 Å². The van der Waals surface area contributed by atoms with Gasteiger partial charge in [0.25, 0.3) is 10.0 Å². The molecule has 1 amide bonds. The molecule has 2 aromatic rings. The van der Waals surface area contributed by atoms with Crippen LogP contribution in [-0.2, 0) is 21.2 Å². The Morgan fingerprint density at radius 3 is 2.84 bits per heavy atom. The van der Waals surface area contributed by atoms with E-state index in [1.54, 1.807) is 24.3 Å². The fourth-order valence-electron chi connectivity index (χ4n) is 4.09. The maximum absolute atomic E-state index is 12.3. The summed E-state index contributed by atoms with van der Waals surface area (Å²) in [4.78, 5) is 19.3. The Bertz CT molecular complexity index is 1110. The third kappa shape index (κ3) is 4.74. The molecule has 0 saturated carbocycles. The van der Waals surface area contributed by atoms with Gasteiger partial charge in [-0.25, -0.2) is 8.42 Å². The average Bonchev–Trinajstić information content (AvgIpc) is 3.28. The van der Waals surface area contributed by atoms with Crippen LogP contribution in [0.2, 0.25) is 0 Å². The van der Waals surface area contributed by atoms with Gasteiger partial charge in [-0.1, -0.05) is 24.6 Å². The van der Waals surface area contributed by atoms with E-state index in [4.69, 9.17) is 0 Å². The highest BCUT2D eigenvalue weighted by Gasteiger charge is 2.29. The Kier molecular flexibility index (Phi) is 6.27. The van der Waals surface area contributed by atoms with E-state index in [2.05, 4.69) is 39.0 Å². The van der Waals surface area contributed by atoms with Gasteiger partial charge >= 0.3 is 0 Å². The summed E-state index contributed by atoms with van der Waals surface area (Å²) in [6.45, 7) is 4.68. The van der Waals surface area contributed by atoms with E-state index in [9.17, 15) is 13.2 Å². The normalized spacial score (nSPS) is 17.3. The minimum absolute atomic E-state index is 0.0183. The SMILES string of the molecule is CCN1CCc2ccc(NC(=O)CCCCCN=C3NS(=O)(=O)c4ccccc43)cc21. The number of unbranched alkanes of at least 4 members (excludes halogenated alkanes) is 2. The molecule has 0 unspecified atom stereocenters. The number of carbonyl (C=O) groups excluding carboxylic acids is 1. The fourth-order valence-corrected chi connectivity index (χ4v) is 5.34. The van der Waals surface area contributed by atoms with Crippen molar-refractivity contribution in [3.05, 3.63) is 53.6 Å². The van der Waals surface area contributed by atoms with Gasteiger partial charge in [-0.05, 0) is 56.0 Å². The minimum atomic E-state index is -3.49. The number of aliphatic imine (C=N–C) groups is 1. The predicted molar refractivity (Wildman–Crippen MR) is 123 cm³/mol. The second-order valence-electron chi connectivity index (χ2n) is 7.86. The summed E-state index contributed by atoms with van der Waals surface area (Å²) < 4.78 is 26.7. The molecule has 2 aromatic carbocycles. The summed E-state index contributed by atoms with van der Waals surface area (Å²) in [5.41, 5.74) is 4.04.